The van der Waals surface area contributed by atoms with Gasteiger partial charge in [0.1, 0.15) is 0 Å². The molecule has 0 saturated heterocycles. The minimum Gasteiger partial charge on any atom is -0.491 e. The lowest BCUT2D eigenvalue weighted by atomic mass is 10.2. The van der Waals surface area contributed by atoms with Crippen LogP contribution in [0.15, 0.2) is 30.5 Å². The molecule has 0 fully saturated rings. The summed E-state index contributed by atoms with van der Waals surface area (Å²) in [5, 5.41) is 14.3. The molecule has 0 aliphatic rings. The molecule has 0 unspecified atom stereocenters. The zero-order valence-corrected chi connectivity index (χ0v) is 12.0. The van der Waals surface area contributed by atoms with Crippen molar-refractivity contribution >= 4 is 17.5 Å². The van der Waals surface area contributed by atoms with Gasteiger partial charge in [0.15, 0.2) is 17.4 Å². The summed E-state index contributed by atoms with van der Waals surface area (Å²) < 4.78 is 5.17. The maximum absolute atomic E-state index is 10.8. The number of hydrogen-bond donors (Lipinski definition) is 4. The van der Waals surface area contributed by atoms with Gasteiger partial charge in [-0.3, -0.25) is 0 Å². The van der Waals surface area contributed by atoms with Crippen LogP contribution in [0, 0.1) is 0 Å². The van der Waals surface area contributed by atoms with Crippen molar-refractivity contribution in [2.45, 2.75) is 0 Å². The van der Waals surface area contributed by atoms with E-state index in [-0.39, 0.29) is 6.61 Å². The second kappa shape index (κ2) is 7.23. The number of ether oxygens (including phenoxy) is 1. The fraction of sp³-hybridized carbons (Fsp3) is 0.214. The van der Waals surface area contributed by atoms with Crippen molar-refractivity contribution in [2.24, 2.45) is 5.73 Å². The summed E-state index contributed by atoms with van der Waals surface area (Å²) in [6.45, 7) is 0.338. The van der Waals surface area contributed by atoms with Crippen LogP contribution in [0.2, 0.25) is 0 Å². The van der Waals surface area contributed by atoms with Crippen LogP contribution in [0.25, 0.3) is 11.4 Å². The minimum atomic E-state index is -0.621. The van der Waals surface area contributed by atoms with Crippen LogP contribution in [0.1, 0.15) is 0 Å². The summed E-state index contributed by atoms with van der Waals surface area (Å²) in [4.78, 5) is 19.4. The largest absolute Gasteiger partial charge is 0.491 e. The highest BCUT2D eigenvalue weighted by Gasteiger charge is 2.09. The van der Waals surface area contributed by atoms with E-state index in [0.29, 0.717) is 29.6 Å². The van der Waals surface area contributed by atoms with Crippen molar-refractivity contribution in [3.8, 4) is 17.1 Å². The van der Waals surface area contributed by atoms with Crippen molar-refractivity contribution in [3.63, 3.8) is 0 Å². The molecule has 0 atom stereocenters. The number of anilines is 2. The standard InChI is InChI=1S/C14H17N5O3/c1-22-11-8-17-12(19-13(11)16-6-7-20)9-2-4-10(5-3-9)18-14(15)21/h2-5,8,20H,6-7H2,1H3,(H3,15,18,21)(H,16,17,19). The molecule has 8 heteroatoms. The average Bonchev–Trinajstić information content (AvgIpc) is 2.53. The van der Waals surface area contributed by atoms with Crippen LogP contribution in [-0.4, -0.2) is 41.4 Å². The Morgan fingerprint density at radius 3 is 2.68 bits per heavy atom. The Hall–Kier alpha value is -2.87. The molecule has 0 spiro atoms. The summed E-state index contributed by atoms with van der Waals surface area (Å²) in [5.41, 5.74) is 6.41. The van der Waals surface area contributed by atoms with E-state index in [1.807, 2.05) is 0 Å². The molecule has 1 aromatic heterocycles. The summed E-state index contributed by atoms with van der Waals surface area (Å²) in [6.07, 6.45) is 1.55. The molecule has 8 nitrogen and oxygen atoms in total. The molecule has 116 valence electrons. The van der Waals surface area contributed by atoms with Crippen LogP contribution in [0.5, 0.6) is 5.75 Å². The molecule has 0 aliphatic carbocycles. The number of carbonyl (C=O) groups excluding carboxylic acids is 1. The van der Waals surface area contributed by atoms with Gasteiger partial charge in [0.25, 0.3) is 0 Å². The van der Waals surface area contributed by atoms with Gasteiger partial charge in [-0.05, 0) is 24.3 Å². The van der Waals surface area contributed by atoms with Gasteiger partial charge in [-0.15, -0.1) is 0 Å². The first-order valence-corrected chi connectivity index (χ1v) is 6.56. The van der Waals surface area contributed by atoms with E-state index in [1.165, 1.54) is 7.11 Å². The summed E-state index contributed by atoms with van der Waals surface area (Å²) >= 11 is 0. The Kier molecular flexibility index (Phi) is 5.10. The predicted molar refractivity (Wildman–Crippen MR) is 82.8 cm³/mol. The quantitative estimate of drug-likeness (QED) is 0.632. The van der Waals surface area contributed by atoms with Gasteiger partial charge in [-0.1, -0.05) is 0 Å². The number of urea groups is 1. The number of benzene rings is 1. The van der Waals surface area contributed by atoms with E-state index in [0.717, 1.165) is 5.56 Å². The second-order valence-electron chi connectivity index (χ2n) is 4.33. The molecule has 2 amide bonds. The van der Waals surface area contributed by atoms with E-state index in [4.69, 9.17) is 15.6 Å². The molecule has 2 rings (SSSR count). The molecule has 1 heterocycles. The van der Waals surface area contributed by atoms with E-state index in [2.05, 4.69) is 20.6 Å². The fourth-order valence-electron chi connectivity index (χ4n) is 1.81. The number of aromatic nitrogens is 2. The number of carbonyl (C=O) groups is 1. The number of methoxy groups -OCH3 is 1. The van der Waals surface area contributed by atoms with Gasteiger partial charge in [0, 0.05) is 17.8 Å². The third kappa shape index (κ3) is 3.83. The van der Waals surface area contributed by atoms with Crippen LogP contribution in [0.3, 0.4) is 0 Å². The lowest BCUT2D eigenvalue weighted by Crippen LogP contribution is -2.19. The van der Waals surface area contributed by atoms with Gasteiger partial charge in [0.2, 0.25) is 0 Å². The fourth-order valence-corrected chi connectivity index (χ4v) is 1.81. The van der Waals surface area contributed by atoms with Crippen LogP contribution in [0.4, 0.5) is 16.3 Å². The first-order chi connectivity index (χ1) is 10.6. The van der Waals surface area contributed by atoms with Crippen LogP contribution in [-0.2, 0) is 0 Å². The van der Waals surface area contributed by atoms with Crippen LogP contribution < -0.4 is 21.1 Å². The molecular formula is C14H17N5O3. The molecule has 0 saturated carbocycles. The molecule has 22 heavy (non-hydrogen) atoms. The Labute approximate surface area is 127 Å². The van der Waals surface area contributed by atoms with E-state index in [1.54, 1.807) is 30.5 Å². The lowest BCUT2D eigenvalue weighted by Gasteiger charge is -2.10. The predicted octanol–water partition coefficient (Wildman–Crippen LogP) is 1.05. The Bertz CT molecular complexity index is 645. The van der Waals surface area contributed by atoms with Gasteiger partial charge < -0.3 is 26.2 Å². The number of nitrogens with one attached hydrogen (secondary N) is 2. The van der Waals surface area contributed by atoms with E-state index in [9.17, 15) is 4.79 Å². The maximum atomic E-state index is 10.8. The monoisotopic (exact) mass is 303 g/mol. The SMILES string of the molecule is COc1cnc(-c2ccc(NC(N)=O)cc2)nc1NCCO. The third-order valence-electron chi connectivity index (χ3n) is 2.79. The van der Waals surface area contributed by atoms with E-state index >= 15 is 0 Å². The maximum Gasteiger partial charge on any atom is 0.316 e. The van der Waals surface area contributed by atoms with Crippen LogP contribution >= 0.6 is 0 Å². The van der Waals surface area contributed by atoms with Gasteiger partial charge in [-0.25, -0.2) is 14.8 Å². The summed E-state index contributed by atoms with van der Waals surface area (Å²) in [5.74, 6) is 1.48. The lowest BCUT2D eigenvalue weighted by molar-refractivity contribution is 0.259. The summed E-state index contributed by atoms with van der Waals surface area (Å²) in [7, 11) is 1.52. The average molecular weight is 303 g/mol. The number of amides is 2. The van der Waals surface area contributed by atoms with Crippen molar-refractivity contribution in [3.05, 3.63) is 30.5 Å². The summed E-state index contributed by atoms with van der Waals surface area (Å²) in [6, 6.07) is 6.32. The number of rotatable bonds is 6. The number of nitrogens with zero attached hydrogens (tertiary/aromatic N) is 2. The number of nitrogens with two attached hydrogens (primary N) is 1. The minimum absolute atomic E-state index is 0.0179. The molecule has 2 aromatic rings. The van der Waals surface area contributed by atoms with E-state index < -0.39 is 6.03 Å². The smallest absolute Gasteiger partial charge is 0.316 e. The number of primary amides is 1. The van der Waals surface area contributed by atoms with Crippen molar-refractivity contribution < 1.29 is 14.6 Å². The first kappa shape index (κ1) is 15.5. The Balaban J connectivity index is 2.25. The molecule has 5 N–H and O–H groups in total. The third-order valence-corrected chi connectivity index (χ3v) is 2.79. The Morgan fingerprint density at radius 1 is 1.36 bits per heavy atom. The number of aliphatic hydroxyl groups excluding tert-OH is 1. The van der Waals surface area contributed by atoms with Gasteiger partial charge in [0.05, 0.1) is 19.9 Å². The molecule has 1 aromatic carbocycles. The second-order valence-corrected chi connectivity index (χ2v) is 4.33. The topological polar surface area (TPSA) is 122 Å². The number of hydrogen-bond acceptors (Lipinski definition) is 6. The molecule has 0 bridgehead atoms. The number of aliphatic hydroxyl groups is 1. The van der Waals surface area contributed by atoms with Gasteiger partial charge >= 0.3 is 6.03 Å². The normalized spacial score (nSPS) is 10.1. The van der Waals surface area contributed by atoms with Crippen molar-refractivity contribution in [1.29, 1.82) is 0 Å². The zero-order chi connectivity index (χ0) is 15.9. The molecule has 0 radical (unpaired) electrons. The first-order valence-electron chi connectivity index (χ1n) is 6.56. The van der Waals surface area contributed by atoms with Crippen molar-refractivity contribution in [1.82, 2.24) is 9.97 Å². The van der Waals surface area contributed by atoms with Crippen molar-refractivity contribution in [2.75, 3.05) is 30.9 Å². The highest BCUT2D eigenvalue weighted by Crippen LogP contribution is 2.25. The molecular weight excluding hydrogens is 286 g/mol. The Morgan fingerprint density at radius 2 is 2.09 bits per heavy atom. The molecule has 0 aliphatic heterocycles. The highest BCUT2D eigenvalue weighted by molar-refractivity contribution is 5.88. The zero-order valence-electron chi connectivity index (χ0n) is 12.0. The highest BCUT2D eigenvalue weighted by atomic mass is 16.5. The van der Waals surface area contributed by atoms with Gasteiger partial charge in [-0.2, -0.15) is 0 Å².